The Labute approximate surface area is 100 Å². The van der Waals surface area contributed by atoms with Gasteiger partial charge in [-0.25, -0.2) is 0 Å². The molecule has 0 spiro atoms. The standard InChI is InChI=1S/C8H16O2.2Rh/c1-2-3-4-5-6-7-8(9)10;;/h2-7H2,1H3,(H,9,10);;. The summed E-state index contributed by atoms with van der Waals surface area (Å²) >= 11 is 0. The minimum absolute atomic E-state index is 0. The molecule has 0 heterocycles. The molecule has 1 N–H and O–H groups in total. The average Bonchev–Trinajstić information content (AvgIpc) is 1.87. The molecule has 0 aliphatic heterocycles. The Bertz CT molecular complexity index is 97.1. The van der Waals surface area contributed by atoms with Crippen LogP contribution in [0.3, 0.4) is 0 Å². The van der Waals surface area contributed by atoms with Gasteiger partial charge in [0.05, 0.1) is 0 Å². The predicted molar refractivity (Wildman–Crippen MR) is 41.0 cm³/mol. The van der Waals surface area contributed by atoms with Crippen molar-refractivity contribution in [2.24, 2.45) is 0 Å². The van der Waals surface area contributed by atoms with E-state index in [0.29, 0.717) is 6.42 Å². The molecule has 0 rings (SSSR count). The van der Waals surface area contributed by atoms with Gasteiger partial charge in [0.1, 0.15) is 0 Å². The van der Waals surface area contributed by atoms with Gasteiger partial charge in [-0.05, 0) is 6.42 Å². The van der Waals surface area contributed by atoms with E-state index in [1.807, 2.05) is 0 Å². The van der Waals surface area contributed by atoms with E-state index in [2.05, 4.69) is 6.92 Å². The Balaban J connectivity index is -0.000000405. The summed E-state index contributed by atoms with van der Waals surface area (Å²) in [6, 6.07) is 0. The summed E-state index contributed by atoms with van der Waals surface area (Å²) in [4.78, 5) is 10.0. The van der Waals surface area contributed by atoms with Crippen LogP contribution in [0.4, 0.5) is 0 Å². The van der Waals surface area contributed by atoms with E-state index in [-0.39, 0.29) is 39.0 Å². The Kier molecular flexibility index (Phi) is 22.0. The number of hydrogen-bond acceptors (Lipinski definition) is 1. The smallest absolute Gasteiger partial charge is 0.303 e. The van der Waals surface area contributed by atoms with Gasteiger partial charge in [0.15, 0.2) is 0 Å². The molecule has 0 unspecified atom stereocenters. The molecule has 0 saturated heterocycles. The van der Waals surface area contributed by atoms with E-state index in [0.717, 1.165) is 12.8 Å². The number of hydrogen-bond donors (Lipinski definition) is 1. The molecule has 0 bridgehead atoms. The Morgan fingerprint density at radius 2 is 1.58 bits per heavy atom. The molecule has 2 nitrogen and oxygen atoms in total. The Morgan fingerprint density at radius 1 is 1.08 bits per heavy atom. The molecule has 0 aliphatic rings. The summed E-state index contributed by atoms with van der Waals surface area (Å²) in [7, 11) is 0. The van der Waals surface area contributed by atoms with Crippen LogP contribution in [0, 0.1) is 0 Å². The van der Waals surface area contributed by atoms with Crippen LogP contribution >= 0.6 is 0 Å². The van der Waals surface area contributed by atoms with Crippen molar-refractivity contribution in [2.45, 2.75) is 45.4 Å². The fourth-order valence-corrected chi connectivity index (χ4v) is 0.880. The minimum Gasteiger partial charge on any atom is -0.481 e. The van der Waals surface area contributed by atoms with Crippen molar-refractivity contribution in [3.63, 3.8) is 0 Å². The van der Waals surface area contributed by atoms with Gasteiger partial charge in [-0.15, -0.1) is 0 Å². The van der Waals surface area contributed by atoms with Gasteiger partial charge in [0.2, 0.25) is 0 Å². The van der Waals surface area contributed by atoms with E-state index < -0.39 is 5.97 Å². The van der Waals surface area contributed by atoms with Crippen molar-refractivity contribution in [3.05, 3.63) is 0 Å². The molecule has 4 heteroatoms. The number of carbonyl (C=O) groups is 1. The average molecular weight is 350 g/mol. The van der Waals surface area contributed by atoms with Crippen molar-refractivity contribution < 1.29 is 48.9 Å². The van der Waals surface area contributed by atoms with Crippen molar-refractivity contribution in [2.75, 3.05) is 0 Å². The summed E-state index contributed by atoms with van der Waals surface area (Å²) in [6.07, 6.45) is 5.88. The molecule has 2 radical (unpaired) electrons. The summed E-state index contributed by atoms with van der Waals surface area (Å²) in [5.74, 6) is -0.670. The van der Waals surface area contributed by atoms with Crippen molar-refractivity contribution in [1.82, 2.24) is 0 Å². The Hall–Kier alpha value is 0.717. The van der Waals surface area contributed by atoms with Crippen molar-refractivity contribution in [1.29, 1.82) is 0 Å². The second kappa shape index (κ2) is 14.3. The Morgan fingerprint density at radius 3 is 2.00 bits per heavy atom. The number of unbranched alkanes of at least 4 members (excludes halogenated alkanes) is 4. The molecule has 0 amide bonds. The summed E-state index contributed by atoms with van der Waals surface area (Å²) in [5.41, 5.74) is 0. The van der Waals surface area contributed by atoms with E-state index >= 15 is 0 Å². The fourth-order valence-electron chi connectivity index (χ4n) is 0.880. The van der Waals surface area contributed by atoms with Crippen LogP contribution in [-0.2, 0) is 43.8 Å². The van der Waals surface area contributed by atoms with Crippen LogP contribution in [0.5, 0.6) is 0 Å². The number of aliphatic carboxylic acids is 1. The summed E-state index contributed by atoms with van der Waals surface area (Å²) in [5, 5.41) is 8.27. The molecule has 0 aromatic carbocycles. The maximum atomic E-state index is 10.0. The number of carboxylic acid groups (broad SMARTS) is 1. The van der Waals surface area contributed by atoms with Gasteiger partial charge < -0.3 is 5.11 Å². The van der Waals surface area contributed by atoms with Crippen LogP contribution in [0.25, 0.3) is 0 Å². The van der Waals surface area contributed by atoms with Gasteiger partial charge in [0, 0.05) is 45.4 Å². The molecule has 0 aromatic rings. The van der Waals surface area contributed by atoms with E-state index in [1.165, 1.54) is 19.3 Å². The third-order valence-corrected chi connectivity index (χ3v) is 1.49. The third kappa shape index (κ3) is 17.0. The molecular weight excluding hydrogens is 334 g/mol. The monoisotopic (exact) mass is 350 g/mol. The summed E-state index contributed by atoms with van der Waals surface area (Å²) in [6.45, 7) is 2.15. The number of rotatable bonds is 6. The van der Waals surface area contributed by atoms with Crippen LogP contribution in [0.15, 0.2) is 0 Å². The maximum absolute atomic E-state index is 10.0. The first-order valence-corrected chi connectivity index (χ1v) is 3.99. The van der Waals surface area contributed by atoms with E-state index in [9.17, 15) is 4.79 Å². The van der Waals surface area contributed by atoms with Gasteiger partial charge in [-0.3, -0.25) is 4.79 Å². The maximum Gasteiger partial charge on any atom is 0.303 e. The molecule has 0 saturated carbocycles. The molecule has 0 fully saturated rings. The van der Waals surface area contributed by atoms with Crippen molar-refractivity contribution in [3.8, 4) is 0 Å². The normalized spacial score (nSPS) is 8.08. The van der Waals surface area contributed by atoms with Crippen LogP contribution in [0.2, 0.25) is 0 Å². The summed E-state index contributed by atoms with van der Waals surface area (Å²) < 4.78 is 0. The predicted octanol–water partition coefficient (Wildman–Crippen LogP) is 2.43. The SMILES string of the molecule is CCCCCCCC(=O)O.[Rh].[Rh]. The van der Waals surface area contributed by atoms with Gasteiger partial charge in [-0.1, -0.05) is 32.6 Å². The zero-order valence-electron chi connectivity index (χ0n) is 7.26. The van der Waals surface area contributed by atoms with Crippen molar-refractivity contribution >= 4 is 5.97 Å². The molecule has 78 valence electrons. The van der Waals surface area contributed by atoms with Crippen LogP contribution < -0.4 is 0 Å². The molecule has 0 aliphatic carbocycles. The van der Waals surface area contributed by atoms with E-state index in [4.69, 9.17) is 5.11 Å². The van der Waals surface area contributed by atoms with E-state index in [1.54, 1.807) is 0 Å². The van der Waals surface area contributed by atoms with Crippen LogP contribution in [0.1, 0.15) is 45.4 Å². The van der Waals surface area contributed by atoms with Crippen LogP contribution in [-0.4, -0.2) is 11.1 Å². The first-order valence-electron chi connectivity index (χ1n) is 3.99. The minimum atomic E-state index is -0.670. The molecular formula is C8H16O2Rh2. The molecule has 12 heavy (non-hydrogen) atoms. The third-order valence-electron chi connectivity index (χ3n) is 1.49. The number of carboxylic acids is 1. The topological polar surface area (TPSA) is 37.3 Å². The molecule has 0 aromatic heterocycles. The quantitative estimate of drug-likeness (QED) is 0.590. The zero-order valence-corrected chi connectivity index (χ0v) is 10.5. The molecule has 0 atom stereocenters. The van der Waals surface area contributed by atoms with Gasteiger partial charge in [0.25, 0.3) is 0 Å². The van der Waals surface area contributed by atoms with Gasteiger partial charge >= 0.3 is 5.97 Å². The second-order valence-corrected chi connectivity index (χ2v) is 2.56. The first kappa shape index (κ1) is 18.5. The zero-order chi connectivity index (χ0) is 7.82. The second-order valence-electron chi connectivity index (χ2n) is 2.56. The van der Waals surface area contributed by atoms with Gasteiger partial charge in [-0.2, -0.15) is 0 Å². The largest absolute Gasteiger partial charge is 0.481 e. The first-order chi connectivity index (χ1) is 4.77. The fraction of sp³-hybridized carbons (Fsp3) is 0.875.